The van der Waals surface area contributed by atoms with E-state index in [1.54, 1.807) is 12.1 Å². The number of hydrogen-bond acceptors (Lipinski definition) is 2. The number of nitrogens with two attached hydrogens (primary N) is 2. The maximum atomic E-state index is 10.8. The van der Waals surface area contributed by atoms with Crippen LogP contribution in [0.25, 0.3) is 6.08 Å². The molecule has 0 aromatic heterocycles. The van der Waals surface area contributed by atoms with E-state index >= 15 is 0 Å². The summed E-state index contributed by atoms with van der Waals surface area (Å²) in [5.41, 5.74) is 13.5. The van der Waals surface area contributed by atoms with Crippen LogP contribution >= 0.6 is 0 Å². The number of rotatable bonds is 3. The van der Waals surface area contributed by atoms with E-state index in [0.29, 0.717) is 5.56 Å². The summed E-state index contributed by atoms with van der Waals surface area (Å²) in [7, 11) is 0. The van der Waals surface area contributed by atoms with Crippen LogP contribution in [0.15, 0.2) is 29.8 Å². The second-order valence-corrected chi connectivity index (χ2v) is 3.66. The zero-order chi connectivity index (χ0) is 11.4. The number of amides is 1. The molecule has 4 N–H and O–H groups in total. The summed E-state index contributed by atoms with van der Waals surface area (Å²) in [6.07, 6.45) is 2.00. The lowest BCUT2D eigenvalue weighted by Crippen LogP contribution is -2.15. The van der Waals surface area contributed by atoms with Crippen LogP contribution < -0.4 is 11.5 Å². The SMILES string of the molecule is C/C(=C\c1ccc(C(N)=O)cc1)C(C)N. The Bertz CT molecular complexity index is 377. The number of hydrogen-bond donors (Lipinski definition) is 2. The quantitative estimate of drug-likeness (QED) is 0.784. The van der Waals surface area contributed by atoms with Gasteiger partial charge in [0.25, 0.3) is 0 Å². The van der Waals surface area contributed by atoms with Gasteiger partial charge in [-0.3, -0.25) is 4.79 Å². The predicted octanol–water partition coefficient (Wildman–Crippen LogP) is 1.54. The van der Waals surface area contributed by atoms with Crippen molar-refractivity contribution in [3.8, 4) is 0 Å². The van der Waals surface area contributed by atoms with Gasteiger partial charge in [-0.25, -0.2) is 0 Å². The Morgan fingerprint density at radius 1 is 1.33 bits per heavy atom. The highest BCUT2D eigenvalue weighted by Gasteiger charge is 2.00. The van der Waals surface area contributed by atoms with Crippen molar-refractivity contribution in [2.75, 3.05) is 0 Å². The molecule has 0 spiro atoms. The van der Waals surface area contributed by atoms with E-state index in [-0.39, 0.29) is 6.04 Å². The Balaban J connectivity index is 2.90. The minimum absolute atomic E-state index is 0.0424. The average molecular weight is 204 g/mol. The molecule has 1 rings (SSSR count). The lowest BCUT2D eigenvalue weighted by molar-refractivity contribution is 0.100. The molecule has 1 amide bonds. The van der Waals surface area contributed by atoms with Gasteiger partial charge in [0.05, 0.1) is 0 Å². The van der Waals surface area contributed by atoms with Gasteiger partial charge in [-0.2, -0.15) is 0 Å². The summed E-state index contributed by atoms with van der Waals surface area (Å²) < 4.78 is 0. The molecule has 0 bridgehead atoms. The van der Waals surface area contributed by atoms with Crippen LogP contribution in [-0.4, -0.2) is 11.9 Å². The Labute approximate surface area is 89.8 Å². The summed E-state index contributed by atoms with van der Waals surface area (Å²) >= 11 is 0. The average Bonchev–Trinajstić information content (AvgIpc) is 2.18. The minimum atomic E-state index is -0.408. The van der Waals surface area contributed by atoms with Gasteiger partial charge < -0.3 is 11.5 Å². The molecule has 0 saturated carbocycles. The van der Waals surface area contributed by atoms with Gasteiger partial charge >= 0.3 is 0 Å². The number of carbonyl (C=O) groups is 1. The second-order valence-electron chi connectivity index (χ2n) is 3.66. The maximum Gasteiger partial charge on any atom is 0.248 e. The van der Waals surface area contributed by atoms with E-state index in [2.05, 4.69) is 0 Å². The van der Waals surface area contributed by atoms with Gasteiger partial charge in [0.2, 0.25) is 5.91 Å². The first-order valence-corrected chi connectivity index (χ1v) is 4.84. The van der Waals surface area contributed by atoms with Crippen LogP contribution in [-0.2, 0) is 0 Å². The van der Waals surface area contributed by atoms with E-state index < -0.39 is 5.91 Å². The van der Waals surface area contributed by atoms with E-state index in [4.69, 9.17) is 11.5 Å². The van der Waals surface area contributed by atoms with Gasteiger partial charge in [-0.15, -0.1) is 0 Å². The van der Waals surface area contributed by atoms with Crippen molar-refractivity contribution < 1.29 is 4.79 Å². The van der Waals surface area contributed by atoms with Crippen molar-refractivity contribution in [1.82, 2.24) is 0 Å². The number of carbonyl (C=O) groups excluding carboxylic acids is 1. The van der Waals surface area contributed by atoms with Crippen LogP contribution in [0.5, 0.6) is 0 Å². The third kappa shape index (κ3) is 3.22. The summed E-state index contributed by atoms with van der Waals surface area (Å²) in [5, 5.41) is 0. The first-order valence-electron chi connectivity index (χ1n) is 4.84. The molecule has 80 valence electrons. The second kappa shape index (κ2) is 4.75. The summed E-state index contributed by atoms with van der Waals surface area (Å²) in [6, 6.07) is 7.17. The Hall–Kier alpha value is -1.61. The van der Waals surface area contributed by atoms with Gasteiger partial charge in [0.15, 0.2) is 0 Å². The van der Waals surface area contributed by atoms with Crippen molar-refractivity contribution in [1.29, 1.82) is 0 Å². The summed E-state index contributed by atoms with van der Waals surface area (Å²) in [6.45, 7) is 3.91. The topological polar surface area (TPSA) is 69.1 Å². The molecule has 1 atom stereocenters. The molecular weight excluding hydrogens is 188 g/mol. The van der Waals surface area contributed by atoms with E-state index in [9.17, 15) is 4.79 Å². The Morgan fingerprint density at radius 2 is 1.87 bits per heavy atom. The molecular formula is C12H16N2O. The molecule has 0 aliphatic heterocycles. The Morgan fingerprint density at radius 3 is 2.27 bits per heavy atom. The van der Waals surface area contributed by atoms with E-state index in [1.165, 1.54) is 0 Å². The molecule has 0 aliphatic carbocycles. The van der Waals surface area contributed by atoms with Crippen LogP contribution in [0.4, 0.5) is 0 Å². The monoisotopic (exact) mass is 204 g/mol. The lowest BCUT2D eigenvalue weighted by atomic mass is 10.1. The molecule has 3 nitrogen and oxygen atoms in total. The third-order valence-corrected chi connectivity index (χ3v) is 2.31. The number of primary amides is 1. The van der Waals surface area contributed by atoms with Crippen molar-refractivity contribution in [2.45, 2.75) is 19.9 Å². The van der Waals surface area contributed by atoms with Gasteiger partial charge in [-0.1, -0.05) is 23.8 Å². The van der Waals surface area contributed by atoms with E-state index in [1.807, 2.05) is 32.1 Å². The van der Waals surface area contributed by atoms with E-state index in [0.717, 1.165) is 11.1 Å². The standard InChI is InChI=1S/C12H16N2O/c1-8(9(2)13)7-10-3-5-11(6-4-10)12(14)15/h3-7,9H,13H2,1-2H3,(H2,14,15)/b8-7+. The molecule has 0 fully saturated rings. The largest absolute Gasteiger partial charge is 0.366 e. The van der Waals surface area contributed by atoms with Gasteiger partial charge in [0, 0.05) is 11.6 Å². The fourth-order valence-corrected chi connectivity index (χ4v) is 1.14. The molecule has 3 heteroatoms. The first-order chi connectivity index (χ1) is 7.00. The maximum absolute atomic E-state index is 10.8. The van der Waals surface area contributed by atoms with Crippen molar-refractivity contribution in [3.63, 3.8) is 0 Å². The highest BCUT2D eigenvalue weighted by Crippen LogP contribution is 2.10. The molecule has 0 aliphatic rings. The minimum Gasteiger partial charge on any atom is -0.366 e. The Kier molecular flexibility index (Phi) is 3.63. The van der Waals surface area contributed by atoms with Crippen LogP contribution in [0.2, 0.25) is 0 Å². The molecule has 1 aromatic carbocycles. The third-order valence-electron chi connectivity index (χ3n) is 2.31. The highest BCUT2D eigenvalue weighted by molar-refractivity contribution is 5.92. The van der Waals surface area contributed by atoms with Gasteiger partial charge in [-0.05, 0) is 31.5 Å². The van der Waals surface area contributed by atoms with Crippen LogP contribution in [0.3, 0.4) is 0 Å². The molecule has 0 heterocycles. The zero-order valence-corrected chi connectivity index (χ0v) is 9.03. The zero-order valence-electron chi connectivity index (χ0n) is 9.03. The van der Waals surface area contributed by atoms with Crippen molar-refractivity contribution in [2.24, 2.45) is 11.5 Å². The molecule has 1 aromatic rings. The number of benzene rings is 1. The fraction of sp³-hybridized carbons (Fsp3) is 0.250. The van der Waals surface area contributed by atoms with Crippen LogP contribution in [0, 0.1) is 0 Å². The summed E-state index contributed by atoms with van der Waals surface area (Å²) in [5.74, 6) is -0.408. The van der Waals surface area contributed by atoms with Crippen molar-refractivity contribution >= 4 is 12.0 Å². The fourth-order valence-electron chi connectivity index (χ4n) is 1.14. The summed E-state index contributed by atoms with van der Waals surface area (Å²) in [4.78, 5) is 10.8. The molecule has 1 unspecified atom stereocenters. The smallest absolute Gasteiger partial charge is 0.248 e. The van der Waals surface area contributed by atoms with Gasteiger partial charge in [0.1, 0.15) is 0 Å². The van der Waals surface area contributed by atoms with Crippen molar-refractivity contribution in [3.05, 3.63) is 41.0 Å². The molecule has 0 radical (unpaired) electrons. The lowest BCUT2D eigenvalue weighted by Gasteiger charge is -2.05. The predicted molar refractivity (Wildman–Crippen MR) is 62.3 cm³/mol. The molecule has 15 heavy (non-hydrogen) atoms. The first kappa shape index (κ1) is 11.5. The highest BCUT2D eigenvalue weighted by atomic mass is 16.1. The normalized spacial score (nSPS) is 13.7. The molecule has 0 saturated heterocycles. The van der Waals surface area contributed by atoms with Crippen LogP contribution in [0.1, 0.15) is 29.8 Å².